The van der Waals surface area contributed by atoms with Crippen LogP contribution in [0, 0.1) is 0 Å². The van der Waals surface area contributed by atoms with Crippen molar-refractivity contribution in [2.45, 2.75) is 20.3 Å². The Morgan fingerprint density at radius 3 is 2.32 bits per heavy atom. The molecule has 1 aromatic rings. The van der Waals surface area contributed by atoms with Crippen LogP contribution in [0.2, 0.25) is 0 Å². The van der Waals surface area contributed by atoms with Crippen LogP contribution in [0.3, 0.4) is 0 Å². The summed E-state index contributed by atoms with van der Waals surface area (Å²) in [5.74, 6) is -0.882. The van der Waals surface area contributed by atoms with E-state index in [0.717, 1.165) is 16.7 Å². The maximum atomic E-state index is 12.0. The molecule has 0 radical (unpaired) electrons. The lowest BCUT2D eigenvalue weighted by Crippen LogP contribution is -2.24. The normalized spacial score (nSPS) is 14.3. The summed E-state index contributed by atoms with van der Waals surface area (Å²) >= 11 is 0. The molecule has 3 nitrogen and oxygen atoms in total. The Balaban J connectivity index is 2.62. The molecule has 1 aliphatic rings. The Hall–Kier alpha value is -2.16. The standard InChI is InChI=1S/C16H16O3/c1-10(2)8-9-13-11-6-4-5-7-12(11)14(17)15(18)16(13)19-3/h4-8H,9H2,1-3H3. The largest absolute Gasteiger partial charge is 0.492 e. The summed E-state index contributed by atoms with van der Waals surface area (Å²) < 4.78 is 5.16. The fourth-order valence-corrected chi connectivity index (χ4v) is 2.15. The first-order valence-corrected chi connectivity index (χ1v) is 6.15. The number of benzene rings is 1. The molecule has 0 heterocycles. The smallest absolute Gasteiger partial charge is 0.268 e. The predicted molar refractivity (Wildman–Crippen MR) is 73.8 cm³/mol. The fraction of sp³-hybridized carbons (Fsp3) is 0.250. The molecule has 3 heteroatoms. The van der Waals surface area contributed by atoms with Gasteiger partial charge >= 0.3 is 0 Å². The average molecular weight is 256 g/mol. The van der Waals surface area contributed by atoms with E-state index in [1.165, 1.54) is 7.11 Å². The van der Waals surface area contributed by atoms with Crippen molar-refractivity contribution in [1.29, 1.82) is 0 Å². The first kappa shape index (κ1) is 13.3. The summed E-state index contributed by atoms with van der Waals surface area (Å²) in [6.45, 7) is 3.99. The van der Waals surface area contributed by atoms with Crippen LogP contribution < -0.4 is 0 Å². The maximum Gasteiger partial charge on any atom is 0.268 e. The van der Waals surface area contributed by atoms with E-state index in [4.69, 9.17) is 4.74 Å². The summed E-state index contributed by atoms with van der Waals surface area (Å²) in [7, 11) is 1.43. The monoisotopic (exact) mass is 256 g/mol. The second kappa shape index (κ2) is 5.22. The molecule has 0 aliphatic heterocycles. The summed E-state index contributed by atoms with van der Waals surface area (Å²) in [4.78, 5) is 24.0. The number of allylic oxidation sites excluding steroid dienone is 4. The number of Topliss-reactive ketones (excluding diaryl/α,β-unsaturated/α-hetero) is 2. The molecule has 1 aromatic carbocycles. The number of hydrogen-bond donors (Lipinski definition) is 0. The minimum absolute atomic E-state index is 0.168. The molecule has 0 amide bonds. The van der Waals surface area contributed by atoms with E-state index in [0.29, 0.717) is 12.0 Å². The molecule has 2 rings (SSSR count). The fourth-order valence-electron chi connectivity index (χ4n) is 2.15. The van der Waals surface area contributed by atoms with Gasteiger partial charge in [0.15, 0.2) is 5.76 Å². The number of carbonyl (C=O) groups is 2. The zero-order chi connectivity index (χ0) is 14.0. The van der Waals surface area contributed by atoms with Crippen molar-refractivity contribution in [2.24, 2.45) is 0 Å². The molecule has 0 bridgehead atoms. The van der Waals surface area contributed by atoms with Gasteiger partial charge < -0.3 is 4.74 Å². The lowest BCUT2D eigenvalue weighted by atomic mass is 9.86. The van der Waals surface area contributed by atoms with Crippen LogP contribution in [-0.4, -0.2) is 18.7 Å². The number of fused-ring (bicyclic) bond motifs is 1. The molecule has 0 atom stereocenters. The zero-order valence-electron chi connectivity index (χ0n) is 11.3. The van der Waals surface area contributed by atoms with E-state index in [2.05, 4.69) is 0 Å². The van der Waals surface area contributed by atoms with Crippen molar-refractivity contribution in [1.82, 2.24) is 0 Å². The second-order valence-electron chi connectivity index (χ2n) is 4.70. The lowest BCUT2D eigenvalue weighted by Gasteiger charge is -2.19. The topological polar surface area (TPSA) is 43.4 Å². The first-order valence-electron chi connectivity index (χ1n) is 6.15. The number of methoxy groups -OCH3 is 1. The highest BCUT2D eigenvalue weighted by molar-refractivity contribution is 6.51. The molecule has 0 fully saturated rings. The lowest BCUT2D eigenvalue weighted by molar-refractivity contribution is -0.114. The van der Waals surface area contributed by atoms with Gasteiger partial charge in [-0.05, 0) is 25.8 Å². The van der Waals surface area contributed by atoms with Gasteiger partial charge in [0.2, 0.25) is 5.78 Å². The number of ether oxygens (including phenoxy) is 1. The number of carbonyl (C=O) groups excluding carboxylic acids is 2. The molecule has 0 spiro atoms. The molecule has 19 heavy (non-hydrogen) atoms. The highest BCUT2D eigenvalue weighted by Gasteiger charge is 2.32. The van der Waals surface area contributed by atoms with Crippen molar-refractivity contribution in [3.63, 3.8) is 0 Å². The van der Waals surface area contributed by atoms with Crippen LogP contribution in [0.4, 0.5) is 0 Å². The first-order chi connectivity index (χ1) is 9.06. The maximum absolute atomic E-state index is 12.0. The molecule has 0 aromatic heterocycles. The zero-order valence-corrected chi connectivity index (χ0v) is 11.3. The molecule has 98 valence electrons. The molecule has 0 saturated carbocycles. The van der Waals surface area contributed by atoms with Crippen LogP contribution in [0.15, 0.2) is 41.7 Å². The van der Waals surface area contributed by atoms with Crippen LogP contribution in [0.5, 0.6) is 0 Å². The van der Waals surface area contributed by atoms with Crippen molar-refractivity contribution < 1.29 is 14.3 Å². The van der Waals surface area contributed by atoms with Crippen molar-refractivity contribution in [2.75, 3.05) is 7.11 Å². The van der Waals surface area contributed by atoms with Crippen LogP contribution >= 0.6 is 0 Å². The van der Waals surface area contributed by atoms with Gasteiger partial charge in [0.25, 0.3) is 5.78 Å². The van der Waals surface area contributed by atoms with Gasteiger partial charge in [-0.15, -0.1) is 0 Å². The van der Waals surface area contributed by atoms with Crippen LogP contribution in [-0.2, 0) is 9.53 Å². The highest BCUT2D eigenvalue weighted by Crippen LogP contribution is 2.32. The molecule has 1 aliphatic carbocycles. The van der Waals surface area contributed by atoms with Crippen molar-refractivity contribution in [3.8, 4) is 0 Å². The van der Waals surface area contributed by atoms with Gasteiger partial charge in [-0.25, -0.2) is 0 Å². The van der Waals surface area contributed by atoms with Crippen LogP contribution in [0.1, 0.15) is 36.2 Å². The van der Waals surface area contributed by atoms with Crippen molar-refractivity contribution >= 4 is 17.1 Å². The third-order valence-electron chi connectivity index (χ3n) is 3.10. The Kier molecular flexibility index (Phi) is 3.65. The van der Waals surface area contributed by atoms with Gasteiger partial charge in [-0.3, -0.25) is 9.59 Å². The molecular formula is C16H16O3. The van der Waals surface area contributed by atoms with Gasteiger partial charge in [0, 0.05) is 11.1 Å². The number of ketones is 2. The number of hydrogen-bond acceptors (Lipinski definition) is 3. The third-order valence-corrected chi connectivity index (χ3v) is 3.10. The predicted octanol–water partition coefficient (Wildman–Crippen LogP) is 3.17. The highest BCUT2D eigenvalue weighted by atomic mass is 16.5. The van der Waals surface area contributed by atoms with Gasteiger partial charge in [0.05, 0.1) is 7.11 Å². The van der Waals surface area contributed by atoms with Crippen LogP contribution in [0.25, 0.3) is 5.57 Å². The summed E-state index contributed by atoms with van der Waals surface area (Å²) in [6, 6.07) is 7.16. The van der Waals surface area contributed by atoms with E-state index in [1.54, 1.807) is 12.1 Å². The Bertz CT molecular complexity index is 602. The molecular weight excluding hydrogens is 240 g/mol. The van der Waals surface area contributed by atoms with E-state index in [1.807, 2.05) is 32.1 Å². The SMILES string of the molecule is COC1=C(CC=C(C)C)c2ccccc2C(=O)C1=O. The average Bonchev–Trinajstić information content (AvgIpc) is 2.41. The quantitative estimate of drug-likeness (QED) is 0.616. The second-order valence-corrected chi connectivity index (χ2v) is 4.70. The molecule has 0 unspecified atom stereocenters. The minimum Gasteiger partial charge on any atom is -0.492 e. The Morgan fingerprint density at radius 1 is 1.11 bits per heavy atom. The Labute approximate surface area is 112 Å². The van der Waals surface area contributed by atoms with E-state index in [9.17, 15) is 9.59 Å². The van der Waals surface area contributed by atoms with Crippen molar-refractivity contribution in [3.05, 3.63) is 52.8 Å². The molecule has 0 saturated heterocycles. The van der Waals surface area contributed by atoms with Gasteiger partial charge in [-0.1, -0.05) is 35.9 Å². The van der Waals surface area contributed by atoms with E-state index < -0.39 is 11.6 Å². The Morgan fingerprint density at radius 2 is 1.74 bits per heavy atom. The summed E-state index contributed by atoms with van der Waals surface area (Å²) in [5, 5.41) is 0. The van der Waals surface area contributed by atoms with E-state index >= 15 is 0 Å². The van der Waals surface area contributed by atoms with Gasteiger partial charge in [0.1, 0.15) is 0 Å². The summed E-state index contributed by atoms with van der Waals surface area (Å²) in [5.41, 5.74) is 3.19. The number of rotatable bonds is 3. The van der Waals surface area contributed by atoms with E-state index in [-0.39, 0.29) is 5.76 Å². The molecule has 0 N–H and O–H groups in total. The van der Waals surface area contributed by atoms with Gasteiger partial charge in [-0.2, -0.15) is 0 Å². The third kappa shape index (κ3) is 2.36. The minimum atomic E-state index is -0.557. The summed E-state index contributed by atoms with van der Waals surface area (Å²) in [6.07, 6.45) is 2.61.